The molecule has 2 N–H and O–H groups in total. The quantitative estimate of drug-likeness (QED) is 0.739. The number of aryl methyl sites for hydroxylation is 1. The first-order valence-electron chi connectivity index (χ1n) is 10.5. The van der Waals surface area contributed by atoms with Crippen molar-refractivity contribution >= 4 is 23.4 Å². The highest BCUT2D eigenvalue weighted by Gasteiger charge is 2.39. The van der Waals surface area contributed by atoms with Gasteiger partial charge in [-0.3, -0.25) is 14.4 Å². The number of fused-ring (bicyclic) bond motifs is 2. The number of hydrogen-bond donors (Lipinski definition) is 2. The molecule has 0 spiro atoms. The highest BCUT2D eigenvalue weighted by atomic mass is 16.5. The fraction of sp³-hybridized carbons (Fsp3) is 0.455. The molecule has 1 aromatic carbocycles. The fourth-order valence-corrected chi connectivity index (χ4v) is 4.08. The van der Waals surface area contributed by atoms with Gasteiger partial charge < -0.3 is 29.5 Å². The Labute approximate surface area is 185 Å². The molecule has 1 fully saturated rings. The molecule has 0 radical (unpaired) electrons. The molecule has 3 heterocycles. The van der Waals surface area contributed by atoms with Crippen LogP contribution >= 0.6 is 0 Å². The summed E-state index contributed by atoms with van der Waals surface area (Å²) in [5.41, 5.74) is 0.956. The number of benzene rings is 1. The van der Waals surface area contributed by atoms with Crippen LogP contribution in [0.25, 0.3) is 0 Å². The van der Waals surface area contributed by atoms with E-state index in [1.54, 1.807) is 44.1 Å². The van der Waals surface area contributed by atoms with Crippen LogP contribution in [0.15, 0.2) is 28.8 Å². The molecule has 0 saturated carbocycles. The second-order valence-electron chi connectivity index (χ2n) is 8.03. The van der Waals surface area contributed by atoms with Gasteiger partial charge in [-0.05, 0) is 38.0 Å². The minimum absolute atomic E-state index is 0.0784. The number of carbonyl (C=O) groups excluding carboxylic acids is 3. The first-order chi connectivity index (χ1) is 15.4. The molecule has 1 saturated heterocycles. The van der Waals surface area contributed by atoms with Gasteiger partial charge in [0.1, 0.15) is 24.2 Å². The highest BCUT2D eigenvalue weighted by molar-refractivity contribution is 6.04. The Morgan fingerprint density at radius 1 is 1.25 bits per heavy atom. The van der Waals surface area contributed by atoms with Gasteiger partial charge in [0.15, 0.2) is 5.69 Å². The molecule has 2 aliphatic heterocycles. The lowest BCUT2D eigenvalue weighted by Crippen LogP contribution is -2.53. The van der Waals surface area contributed by atoms with Gasteiger partial charge in [-0.15, -0.1) is 0 Å². The number of anilines is 1. The van der Waals surface area contributed by atoms with Crippen LogP contribution < -0.4 is 15.4 Å². The van der Waals surface area contributed by atoms with Crippen LogP contribution in [0.5, 0.6) is 5.75 Å². The number of nitrogens with zero attached hydrogens (tertiary/aromatic N) is 2. The van der Waals surface area contributed by atoms with Gasteiger partial charge in [0, 0.05) is 25.8 Å². The lowest BCUT2D eigenvalue weighted by Gasteiger charge is -2.42. The van der Waals surface area contributed by atoms with Crippen LogP contribution in [-0.2, 0) is 9.53 Å². The Morgan fingerprint density at radius 3 is 2.78 bits per heavy atom. The molecule has 1 aromatic heterocycles. The third-order valence-corrected chi connectivity index (χ3v) is 5.82. The second kappa shape index (κ2) is 8.99. The Balaban J connectivity index is 1.51. The molecule has 0 aliphatic carbocycles. The third kappa shape index (κ3) is 4.45. The number of likely N-dealkylation sites (N-methyl/N-ethyl adjacent to an activating group) is 1. The number of ether oxygens (including phenoxy) is 2. The minimum atomic E-state index is -0.433. The standard InChI is InChI=1S/C22H26N4O6/c1-12-8-16(25-32-12)21(28)24-13-4-7-18-15(9-13)22(29)26(3)17-6-5-14(10-20(27)23-2)31-19(17)11-30-18/h4,7-9,14,17,19H,5-6,10-11H2,1-3H3,(H,23,27)(H,24,28)/t14-,17+,19-/m1/s1. The van der Waals surface area contributed by atoms with E-state index in [4.69, 9.17) is 14.0 Å². The van der Waals surface area contributed by atoms with Gasteiger partial charge in [0.05, 0.1) is 24.1 Å². The molecule has 10 heteroatoms. The summed E-state index contributed by atoms with van der Waals surface area (Å²) in [6.45, 7) is 1.95. The van der Waals surface area contributed by atoms with Crippen LogP contribution in [0, 0.1) is 6.92 Å². The van der Waals surface area contributed by atoms with Crippen molar-refractivity contribution in [1.82, 2.24) is 15.4 Å². The van der Waals surface area contributed by atoms with E-state index in [1.807, 2.05) is 0 Å². The van der Waals surface area contributed by atoms with Crippen molar-refractivity contribution in [1.29, 1.82) is 0 Å². The molecule has 170 valence electrons. The SMILES string of the molecule is CNC(=O)C[C@H]1CC[C@H]2[C@@H](COc3ccc(NC(=O)c4cc(C)on4)cc3C(=O)N2C)O1. The summed E-state index contributed by atoms with van der Waals surface area (Å²) in [4.78, 5) is 39.0. The van der Waals surface area contributed by atoms with Gasteiger partial charge >= 0.3 is 0 Å². The molecule has 4 rings (SSSR count). The monoisotopic (exact) mass is 442 g/mol. The van der Waals surface area contributed by atoms with Crippen molar-refractivity contribution in [2.45, 2.75) is 44.4 Å². The molecule has 0 bridgehead atoms. The average Bonchev–Trinajstić information content (AvgIpc) is 3.23. The smallest absolute Gasteiger partial charge is 0.277 e. The van der Waals surface area contributed by atoms with E-state index in [0.717, 1.165) is 0 Å². The summed E-state index contributed by atoms with van der Waals surface area (Å²) >= 11 is 0. The zero-order valence-corrected chi connectivity index (χ0v) is 18.2. The van der Waals surface area contributed by atoms with Gasteiger partial charge in [-0.1, -0.05) is 5.16 Å². The highest BCUT2D eigenvalue weighted by Crippen LogP contribution is 2.32. The van der Waals surface area contributed by atoms with Gasteiger partial charge in [-0.25, -0.2) is 0 Å². The van der Waals surface area contributed by atoms with Crippen molar-refractivity contribution in [2.24, 2.45) is 0 Å². The van der Waals surface area contributed by atoms with E-state index < -0.39 is 5.91 Å². The Hall–Kier alpha value is -3.40. The normalized spacial score (nSPS) is 22.7. The molecule has 10 nitrogen and oxygen atoms in total. The zero-order valence-electron chi connectivity index (χ0n) is 18.2. The van der Waals surface area contributed by atoms with E-state index in [-0.39, 0.29) is 48.8 Å². The lowest BCUT2D eigenvalue weighted by atomic mass is 9.94. The summed E-state index contributed by atoms with van der Waals surface area (Å²) in [5.74, 6) is 0.201. The summed E-state index contributed by atoms with van der Waals surface area (Å²) in [6, 6.07) is 6.26. The van der Waals surface area contributed by atoms with Crippen LogP contribution in [0.4, 0.5) is 5.69 Å². The van der Waals surface area contributed by atoms with Crippen molar-refractivity contribution in [3.8, 4) is 5.75 Å². The minimum Gasteiger partial charge on any atom is -0.490 e. The summed E-state index contributed by atoms with van der Waals surface area (Å²) in [6.07, 6.45) is 1.11. The van der Waals surface area contributed by atoms with Gasteiger partial charge in [-0.2, -0.15) is 0 Å². The number of amides is 3. The predicted octanol–water partition coefficient (Wildman–Crippen LogP) is 1.75. The van der Waals surface area contributed by atoms with Crippen LogP contribution in [0.2, 0.25) is 0 Å². The van der Waals surface area contributed by atoms with E-state index in [2.05, 4.69) is 15.8 Å². The van der Waals surface area contributed by atoms with Crippen molar-refractivity contribution in [3.63, 3.8) is 0 Å². The maximum atomic E-state index is 13.2. The Kier molecular flexibility index (Phi) is 6.13. The third-order valence-electron chi connectivity index (χ3n) is 5.82. The molecule has 2 aromatic rings. The summed E-state index contributed by atoms with van der Waals surface area (Å²) in [7, 11) is 3.33. The zero-order chi connectivity index (χ0) is 22.8. The summed E-state index contributed by atoms with van der Waals surface area (Å²) < 4.78 is 17.0. The van der Waals surface area contributed by atoms with Crippen LogP contribution in [-0.4, -0.2) is 66.7 Å². The average molecular weight is 442 g/mol. The number of rotatable bonds is 4. The molecule has 3 atom stereocenters. The van der Waals surface area contributed by atoms with Crippen molar-refractivity contribution in [3.05, 3.63) is 41.3 Å². The first-order valence-corrected chi connectivity index (χ1v) is 10.5. The topological polar surface area (TPSA) is 123 Å². The van der Waals surface area contributed by atoms with Crippen molar-refractivity contribution < 1.29 is 28.4 Å². The molecule has 3 amide bonds. The molecule has 2 aliphatic rings. The first kappa shape index (κ1) is 21.8. The second-order valence-corrected chi connectivity index (χ2v) is 8.03. The Morgan fingerprint density at radius 2 is 2.06 bits per heavy atom. The number of carbonyl (C=O) groups is 3. The van der Waals surface area contributed by atoms with E-state index in [9.17, 15) is 14.4 Å². The van der Waals surface area contributed by atoms with Crippen molar-refractivity contribution in [2.75, 3.05) is 26.0 Å². The maximum absolute atomic E-state index is 13.2. The fourth-order valence-electron chi connectivity index (χ4n) is 4.08. The predicted molar refractivity (Wildman–Crippen MR) is 114 cm³/mol. The molecular formula is C22H26N4O6. The molecular weight excluding hydrogens is 416 g/mol. The largest absolute Gasteiger partial charge is 0.490 e. The van der Waals surface area contributed by atoms with Gasteiger partial charge in [0.25, 0.3) is 11.8 Å². The lowest BCUT2D eigenvalue weighted by molar-refractivity contribution is -0.133. The van der Waals surface area contributed by atoms with Gasteiger partial charge in [0.2, 0.25) is 5.91 Å². The van der Waals surface area contributed by atoms with E-state index in [1.165, 1.54) is 6.07 Å². The number of hydrogen-bond acceptors (Lipinski definition) is 7. The van der Waals surface area contributed by atoms with Crippen LogP contribution in [0.3, 0.4) is 0 Å². The van der Waals surface area contributed by atoms with E-state index >= 15 is 0 Å². The number of nitrogens with one attached hydrogen (secondary N) is 2. The van der Waals surface area contributed by atoms with E-state index in [0.29, 0.717) is 35.6 Å². The summed E-state index contributed by atoms with van der Waals surface area (Å²) in [5, 5.41) is 9.04. The molecule has 32 heavy (non-hydrogen) atoms. The maximum Gasteiger partial charge on any atom is 0.277 e. The Bertz CT molecular complexity index is 1040. The van der Waals surface area contributed by atoms with Crippen LogP contribution in [0.1, 0.15) is 45.9 Å². The number of aromatic nitrogens is 1. The molecule has 0 unspecified atom stereocenters.